The highest BCUT2D eigenvalue weighted by molar-refractivity contribution is 5.29. The van der Waals surface area contributed by atoms with Crippen LogP contribution in [0.1, 0.15) is 38.3 Å². The first-order valence-corrected chi connectivity index (χ1v) is 6.53. The third-order valence-electron chi connectivity index (χ3n) is 2.91. The fourth-order valence-electron chi connectivity index (χ4n) is 1.87. The summed E-state index contributed by atoms with van der Waals surface area (Å²) in [5.74, 6) is 3.48. The average Bonchev–Trinajstić information content (AvgIpc) is 2.45. The molecule has 0 aliphatic carbocycles. The van der Waals surface area contributed by atoms with Crippen LogP contribution in [-0.2, 0) is 0 Å². The molecule has 0 radical (unpaired) electrons. The van der Waals surface area contributed by atoms with Crippen LogP contribution < -0.4 is 10.1 Å². The summed E-state index contributed by atoms with van der Waals surface area (Å²) in [6.45, 7) is 4.28. The third-order valence-corrected chi connectivity index (χ3v) is 2.91. The molecule has 0 amide bonds. The number of ether oxygens (including phenoxy) is 1. The summed E-state index contributed by atoms with van der Waals surface area (Å²) in [7, 11) is 0. The van der Waals surface area contributed by atoms with Crippen molar-refractivity contribution in [3.05, 3.63) is 29.8 Å². The van der Waals surface area contributed by atoms with Crippen LogP contribution in [0.25, 0.3) is 0 Å². The van der Waals surface area contributed by atoms with Gasteiger partial charge in [-0.2, -0.15) is 5.26 Å². The number of hydrogen-bond donors (Lipinski definition) is 1. The molecule has 1 aromatic carbocycles. The second-order valence-electron chi connectivity index (χ2n) is 4.41. The van der Waals surface area contributed by atoms with E-state index in [0.29, 0.717) is 5.75 Å². The Balaban J connectivity index is 2.60. The lowest BCUT2D eigenvalue weighted by molar-refractivity contribution is 0.368. The monoisotopic (exact) mass is 256 g/mol. The molecule has 0 saturated carbocycles. The minimum Gasteiger partial charge on any atom is -0.479 e. The second-order valence-corrected chi connectivity index (χ2v) is 4.41. The number of nitrogens with one attached hydrogen (secondary N) is 1. The van der Waals surface area contributed by atoms with Gasteiger partial charge < -0.3 is 4.74 Å². The van der Waals surface area contributed by atoms with Crippen LogP contribution in [0, 0.1) is 23.7 Å². The lowest BCUT2D eigenvalue weighted by atomic mass is 10.1. The van der Waals surface area contributed by atoms with E-state index in [1.807, 2.05) is 30.3 Å². The van der Waals surface area contributed by atoms with Crippen molar-refractivity contribution in [1.29, 1.82) is 5.26 Å². The van der Waals surface area contributed by atoms with E-state index in [1.54, 1.807) is 0 Å². The van der Waals surface area contributed by atoms with Gasteiger partial charge in [0.25, 0.3) is 0 Å². The van der Waals surface area contributed by atoms with Crippen molar-refractivity contribution in [3.63, 3.8) is 0 Å². The third kappa shape index (κ3) is 5.04. The van der Waals surface area contributed by atoms with Gasteiger partial charge in [-0.15, -0.1) is 6.42 Å². The summed E-state index contributed by atoms with van der Waals surface area (Å²) < 4.78 is 5.22. The number of nitrogens with zero attached hydrogens (tertiary/aromatic N) is 1. The molecule has 1 rings (SSSR count). The Hall–Kier alpha value is -1.97. The number of rotatable bonds is 7. The van der Waals surface area contributed by atoms with Crippen LogP contribution in [0.2, 0.25) is 0 Å². The van der Waals surface area contributed by atoms with Crippen LogP contribution >= 0.6 is 0 Å². The van der Waals surface area contributed by atoms with E-state index in [2.05, 4.69) is 25.1 Å². The largest absolute Gasteiger partial charge is 0.479 e. The maximum Gasteiger partial charge on any atom is 0.174 e. The maximum atomic E-state index is 8.44. The highest BCUT2D eigenvalue weighted by Gasteiger charge is 2.10. The van der Waals surface area contributed by atoms with Crippen molar-refractivity contribution in [2.45, 2.75) is 38.8 Å². The average molecular weight is 256 g/mol. The van der Waals surface area contributed by atoms with E-state index in [9.17, 15) is 0 Å². The zero-order chi connectivity index (χ0) is 14.1. The van der Waals surface area contributed by atoms with E-state index in [1.165, 1.54) is 0 Å². The lowest BCUT2D eigenvalue weighted by Gasteiger charge is -2.19. The molecule has 0 spiro atoms. The van der Waals surface area contributed by atoms with E-state index in [4.69, 9.17) is 16.4 Å². The van der Waals surface area contributed by atoms with Gasteiger partial charge in [0.1, 0.15) is 11.8 Å². The molecule has 2 unspecified atom stereocenters. The normalized spacial score (nSPS) is 13.1. The van der Waals surface area contributed by atoms with Crippen molar-refractivity contribution in [1.82, 2.24) is 5.32 Å². The molecule has 1 N–H and O–H groups in total. The Kier molecular flexibility index (Phi) is 6.50. The second kappa shape index (κ2) is 8.19. The van der Waals surface area contributed by atoms with E-state index >= 15 is 0 Å². The molecule has 0 aliphatic rings. The van der Waals surface area contributed by atoms with E-state index in [0.717, 1.165) is 18.4 Å². The van der Waals surface area contributed by atoms with Gasteiger partial charge in [-0.05, 0) is 31.0 Å². The Morgan fingerprint density at radius 2 is 2.05 bits per heavy atom. The van der Waals surface area contributed by atoms with Gasteiger partial charge in [0.05, 0.1) is 6.04 Å². The van der Waals surface area contributed by atoms with E-state index in [-0.39, 0.29) is 18.7 Å². The molecule has 0 aliphatic heterocycles. The SMILES string of the molecule is C#CC(CCC)NC(C)c1ccc(OCC#N)cc1. The van der Waals surface area contributed by atoms with Crippen LogP contribution in [0.5, 0.6) is 5.75 Å². The molecular weight excluding hydrogens is 236 g/mol. The molecule has 19 heavy (non-hydrogen) atoms. The molecular formula is C16H20N2O. The van der Waals surface area contributed by atoms with Gasteiger partial charge in [-0.1, -0.05) is 31.4 Å². The standard InChI is InChI=1S/C16H20N2O/c1-4-6-15(5-2)18-13(3)14-7-9-16(10-8-14)19-12-11-17/h2,7-10,13,15,18H,4,6,12H2,1,3H3. The molecule has 2 atom stereocenters. The fraction of sp³-hybridized carbons (Fsp3) is 0.438. The van der Waals surface area contributed by atoms with Crippen molar-refractivity contribution in [2.75, 3.05) is 6.61 Å². The van der Waals surface area contributed by atoms with Crippen molar-refractivity contribution in [2.24, 2.45) is 0 Å². The summed E-state index contributed by atoms with van der Waals surface area (Å²) >= 11 is 0. The minimum atomic E-state index is 0.0722. The Morgan fingerprint density at radius 3 is 2.58 bits per heavy atom. The van der Waals surface area contributed by atoms with Gasteiger partial charge in [-0.25, -0.2) is 0 Å². The summed E-state index contributed by atoms with van der Waals surface area (Å²) in [4.78, 5) is 0. The summed E-state index contributed by atoms with van der Waals surface area (Å²) in [6, 6.07) is 9.96. The number of terminal acetylenes is 1. The first kappa shape index (κ1) is 15.1. The highest BCUT2D eigenvalue weighted by atomic mass is 16.5. The van der Waals surface area contributed by atoms with E-state index < -0.39 is 0 Å². The van der Waals surface area contributed by atoms with Crippen LogP contribution in [0.15, 0.2) is 24.3 Å². The summed E-state index contributed by atoms with van der Waals surface area (Å²) in [5, 5.41) is 11.9. The van der Waals surface area contributed by atoms with Crippen molar-refractivity contribution in [3.8, 4) is 24.2 Å². The van der Waals surface area contributed by atoms with Gasteiger partial charge in [0, 0.05) is 6.04 Å². The topological polar surface area (TPSA) is 45.0 Å². The molecule has 100 valence electrons. The van der Waals surface area contributed by atoms with Gasteiger partial charge in [0.15, 0.2) is 6.61 Å². The number of benzene rings is 1. The first-order chi connectivity index (χ1) is 9.21. The van der Waals surface area contributed by atoms with Crippen molar-refractivity contribution >= 4 is 0 Å². The van der Waals surface area contributed by atoms with Gasteiger partial charge >= 0.3 is 0 Å². The van der Waals surface area contributed by atoms with Gasteiger partial charge in [0.2, 0.25) is 0 Å². The fourth-order valence-corrected chi connectivity index (χ4v) is 1.87. The molecule has 1 aromatic rings. The minimum absolute atomic E-state index is 0.0722. The molecule has 0 bridgehead atoms. The Bertz CT molecular complexity index is 453. The molecule has 0 heterocycles. The lowest BCUT2D eigenvalue weighted by Crippen LogP contribution is -2.30. The van der Waals surface area contributed by atoms with Crippen LogP contribution in [0.4, 0.5) is 0 Å². The zero-order valence-electron chi connectivity index (χ0n) is 11.5. The number of hydrogen-bond acceptors (Lipinski definition) is 3. The maximum absolute atomic E-state index is 8.44. The smallest absolute Gasteiger partial charge is 0.174 e. The number of nitriles is 1. The van der Waals surface area contributed by atoms with Gasteiger partial charge in [-0.3, -0.25) is 5.32 Å². The molecule has 3 nitrogen and oxygen atoms in total. The predicted octanol–water partition coefficient (Wildman–Crippen LogP) is 3.04. The quantitative estimate of drug-likeness (QED) is 0.763. The Labute approximate surface area is 115 Å². The Morgan fingerprint density at radius 1 is 1.37 bits per heavy atom. The van der Waals surface area contributed by atoms with Crippen LogP contribution in [-0.4, -0.2) is 12.6 Å². The molecule has 0 fully saturated rings. The molecule has 3 heteroatoms. The zero-order valence-corrected chi connectivity index (χ0v) is 11.5. The predicted molar refractivity (Wildman–Crippen MR) is 76.6 cm³/mol. The summed E-state index contributed by atoms with van der Waals surface area (Å²) in [5.41, 5.74) is 1.15. The highest BCUT2D eigenvalue weighted by Crippen LogP contribution is 2.18. The summed E-state index contributed by atoms with van der Waals surface area (Å²) in [6.07, 6.45) is 7.54. The van der Waals surface area contributed by atoms with Crippen molar-refractivity contribution < 1.29 is 4.74 Å². The molecule has 0 saturated heterocycles. The molecule has 0 aromatic heterocycles. The first-order valence-electron chi connectivity index (χ1n) is 6.53. The van der Waals surface area contributed by atoms with Crippen LogP contribution in [0.3, 0.4) is 0 Å².